The fraction of sp³-hybridized carbons (Fsp3) is 0.696. The average Bonchev–Trinajstić information content (AvgIpc) is 2.86. The number of carbonyl (C=O) groups is 1. The fourth-order valence-corrected chi connectivity index (χ4v) is 4.56. The van der Waals surface area contributed by atoms with Crippen LogP contribution in [0.2, 0.25) is 0 Å². The third-order valence-electron chi connectivity index (χ3n) is 6.25. The Morgan fingerprint density at radius 3 is 2.59 bits per heavy atom. The van der Waals surface area contributed by atoms with Gasteiger partial charge in [-0.2, -0.15) is 0 Å². The molecule has 1 aromatic rings. The minimum absolute atomic E-state index is 0.101. The number of carbonyl (C=O) groups excluding carboxylic acids is 1. The Kier molecular flexibility index (Phi) is 8.04. The first-order valence-electron chi connectivity index (χ1n) is 11.2. The monoisotopic (exact) mass is 406 g/mol. The van der Waals surface area contributed by atoms with Crippen LogP contribution in [0.5, 0.6) is 0 Å². The molecule has 2 aliphatic heterocycles. The van der Waals surface area contributed by atoms with Gasteiger partial charge in [0.2, 0.25) is 5.91 Å². The number of benzene rings is 1. The van der Waals surface area contributed by atoms with E-state index < -0.39 is 0 Å². The molecule has 162 valence electrons. The van der Waals surface area contributed by atoms with Crippen molar-refractivity contribution >= 4 is 5.91 Å². The van der Waals surface area contributed by atoms with Gasteiger partial charge >= 0.3 is 0 Å². The molecular weight excluding hydrogens is 369 g/mol. The van der Waals surface area contributed by atoms with Gasteiger partial charge in [-0.3, -0.25) is 9.69 Å². The average molecular weight is 407 g/mol. The van der Waals surface area contributed by atoms with Crippen LogP contribution in [0.25, 0.3) is 0 Å². The smallest absolute Gasteiger partial charge is 0.236 e. The van der Waals surface area contributed by atoms with Gasteiger partial charge in [-0.05, 0) is 18.9 Å². The lowest BCUT2D eigenvalue weighted by atomic mass is 10.0. The van der Waals surface area contributed by atoms with Crippen molar-refractivity contribution in [2.75, 3.05) is 45.8 Å². The number of rotatable bonds is 7. The van der Waals surface area contributed by atoms with Gasteiger partial charge in [-0.1, -0.05) is 32.0 Å². The number of likely N-dealkylation sites (tertiary alicyclic amines) is 1. The van der Waals surface area contributed by atoms with Crippen molar-refractivity contribution in [3.63, 3.8) is 0 Å². The van der Waals surface area contributed by atoms with Crippen molar-refractivity contribution in [3.8, 4) is 0 Å². The number of ether oxygens (including phenoxy) is 1. The fourth-order valence-electron chi connectivity index (χ4n) is 4.56. The second kappa shape index (κ2) is 10.5. The first kappa shape index (κ1) is 22.2. The van der Waals surface area contributed by atoms with Gasteiger partial charge in [0.05, 0.1) is 38.9 Å². The zero-order chi connectivity index (χ0) is 20.8. The molecule has 1 aromatic carbocycles. The van der Waals surface area contributed by atoms with E-state index in [1.165, 1.54) is 25.7 Å². The summed E-state index contributed by atoms with van der Waals surface area (Å²) in [5.41, 5.74) is 0.574. The van der Waals surface area contributed by atoms with Crippen molar-refractivity contribution in [1.29, 1.82) is 0 Å². The van der Waals surface area contributed by atoms with Crippen LogP contribution in [-0.2, 0) is 16.1 Å². The first-order chi connectivity index (χ1) is 14.0. The maximum atomic E-state index is 14.0. The zero-order valence-electron chi connectivity index (χ0n) is 18.2. The molecule has 0 spiro atoms. The summed E-state index contributed by atoms with van der Waals surface area (Å²) in [6, 6.07) is 7.20. The van der Waals surface area contributed by atoms with E-state index >= 15 is 0 Å². The normalized spacial score (nSPS) is 26.7. The quantitative estimate of drug-likeness (QED) is 0.747. The molecule has 3 rings (SSSR count). The molecule has 1 atom stereocenters. The van der Waals surface area contributed by atoms with E-state index in [4.69, 9.17) is 4.74 Å². The lowest BCUT2D eigenvalue weighted by Crippen LogP contribution is -3.13. The summed E-state index contributed by atoms with van der Waals surface area (Å²) in [5.74, 6) is 0.373. The molecule has 0 saturated carbocycles. The molecule has 2 aliphatic rings. The highest BCUT2D eigenvalue weighted by atomic mass is 19.1. The predicted octanol–water partition coefficient (Wildman–Crippen LogP) is 1.58. The van der Waals surface area contributed by atoms with Crippen LogP contribution >= 0.6 is 0 Å². The number of halogens is 1. The van der Waals surface area contributed by atoms with Gasteiger partial charge in [-0.15, -0.1) is 0 Å². The van der Waals surface area contributed by atoms with Gasteiger partial charge in [0.25, 0.3) is 0 Å². The van der Waals surface area contributed by atoms with Crippen LogP contribution in [0.3, 0.4) is 0 Å². The summed E-state index contributed by atoms with van der Waals surface area (Å²) in [6.07, 6.45) is 2.15. The Hall–Kier alpha value is -1.50. The van der Waals surface area contributed by atoms with Crippen LogP contribution in [-0.4, -0.2) is 73.7 Å². The molecule has 2 heterocycles. The summed E-state index contributed by atoms with van der Waals surface area (Å²) < 4.78 is 20.2. The highest BCUT2D eigenvalue weighted by molar-refractivity contribution is 5.78. The highest BCUT2D eigenvalue weighted by Gasteiger charge is 2.34. The molecule has 0 aromatic heterocycles. The largest absolute Gasteiger partial charge is 0.370 e. The van der Waals surface area contributed by atoms with E-state index in [0.29, 0.717) is 30.6 Å². The summed E-state index contributed by atoms with van der Waals surface area (Å²) in [7, 11) is 0. The third-order valence-corrected chi connectivity index (χ3v) is 6.25. The molecule has 6 heteroatoms. The van der Waals surface area contributed by atoms with Gasteiger partial charge in [0, 0.05) is 44.1 Å². The molecular formula is C23H37FN3O2+. The number of amides is 1. The lowest BCUT2D eigenvalue weighted by Gasteiger charge is -2.36. The van der Waals surface area contributed by atoms with Crippen LogP contribution in [0.1, 0.15) is 39.2 Å². The number of nitrogens with one attached hydrogen (secondary N) is 1. The minimum Gasteiger partial charge on any atom is -0.370 e. The Labute approximate surface area is 174 Å². The predicted molar refractivity (Wildman–Crippen MR) is 112 cm³/mol. The molecule has 29 heavy (non-hydrogen) atoms. The van der Waals surface area contributed by atoms with Crippen molar-refractivity contribution in [2.24, 2.45) is 5.92 Å². The van der Waals surface area contributed by atoms with E-state index in [-0.39, 0.29) is 24.4 Å². The molecule has 1 amide bonds. The highest BCUT2D eigenvalue weighted by Crippen LogP contribution is 2.18. The Morgan fingerprint density at radius 2 is 1.93 bits per heavy atom. The summed E-state index contributed by atoms with van der Waals surface area (Å²) >= 11 is 0. The van der Waals surface area contributed by atoms with E-state index in [1.54, 1.807) is 17.0 Å². The molecule has 1 N–H and O–H groups in total. The van der Waals surface area contributed by atoms with Gasteiger partial charge in [-0.25, -0.2) is 4.39 Å². The number of hydrogen-bond acceptors (Lipinski definition) is 3. The maximum Gasteiger partial charge on any atom is 0.236 e. The van der Waals surface area contributed by atoms with E-state index in [1.807, 2.05) is 11.0 Å². The van der Waals surface area contributed by atoms with Crippen LogP contribution < -0.4 is 4.90 Å². The number of hydrogen-bond donors (Lipinski definition) is 1. The van der Waals surface area contributed by atoms with Gasteiger partial charge in [0.1, 0.15) is 5.82 Å². The number of piperidine rings is 1. The first-order valence-corrected chi connectivity index (χ1v) is 11.2. The Balaban J connectivity index is 1.68. The molecule has 2 fully saturated rings. The summed E-state index contributed by atoms with van der Waals surface area (Å²) in [6.45, 7) is 12.8. The number of quaternary nitrogens is 1. The van der Waals surface area contributed by atoms with E-state index in [9.17, 15) is 9.18 Å². The molecule has 0 aliphatic carbocycles. The summed E-state index contributed by atoms with van der Waals surface area (Å²) in [5, 5.41) is 0. The molecule has 2 saturated heterocycles. The standard InChI is InChI=1S/C23H36FN3O2/c1-4-25-11-9-20(10-12-25)26-14-21(15-27(13-18(2)3)23(28)16-26)29-17-19-7-5-6-8-22(19)24/h5-8,18,20-21H,4,9-17H2,1-3H3/p+1. The third kappa shape index (κ3) is 6.24. The second-order valence-electron chi connectivity index (χ2n) is 8.98. The van der Waals surface area contributed by atoms with Gasteiger partial charge < -0.3 is 14.5 Å². The minimum atomic E-state index is -0.233. The molecule has 0 radical (unpaired) electrons. The Morgan fingerprint density at radius 1 is 1.21 bits per heavy atom. The summed E-state index contributed by atoms with van der Waals surface area (Å²) in [4.78, 5) is 18.9. The maximum absolute atomic E-state index is 14.0. The second-order valence-corrected chi connectivity index (χ2v) is 8.98. The van der Waals surface area contributed by atoms with Crippen molar-refractivity contribution in [2.45, 2.75) is 52.4 Å². The SMILES string of the molecule is CC[NH+]1CCC(N2CC(=O)N(CC(C)C)CC(OCc3ccccc3F)C2)CC1. The van der Waals surface area contributed by atoms with Crippen molar-refractivity contribution < 1.29 is 18.8 Å². The van der Waals surface area contributed by atoms with Crippen LogP contribution in [0, 0.1) is 11.7 Å². The molecule has 0 bridgehead atoms. The van der Waals surface area contributed by atoms with Crippen molar-refractivity contribution in [1.82, 2.24) is 9.80 Å². The Bertz CT molecular complexity index is 661. The topological polar surface area (TPSA) is 37.2 Å². The number of nitrogens with zero attached hydrogens (tertiary/aromatic N) is 2. The van der Waals surface area contributed by atoms with Crippen LogP contribution in [0.15, 0.2) is 24.3 Å². The molecule has 5 nitrogen and oxygen atoms in total. The molecule has 1 unspecified atom stereocenters. The lowest BCUT2D eigenvalue weighted by molar-refractivity contribution is -0.903. The van der Waals surface area contributed by atoms with Gasteiger partial charge in [0.15, 0.2) is 0 Å². The van der Waals surface area contributed by atoms with E-state index in [2.05, 4.69) is 25.7 Å². The zero-order valence-corrected chi connectivity index (χ0v) is 18.2. The van der Waals surface area contributed by atoms with E-state index in [0.717, 1.165) is 25.9 Å². The van der Waals surface area contributed by atoms with Crippen LogP contribution in [0.4, 0.5) is 4.39 Å². The van der Waals surface area contributed by atoms with Crippen molar-refractivity contribution in [3.05, 3.63) is 35.6 Å².